The number of nitrogens with zero attached hydrogens (tertiary/aromatic N) is 2. The number of fused-ring (bicyclic) bond motifs is 3. The number of thioether (sulfide) groups is 1. The van der Waals surface area contributed by atoms with Gasteiger partial charge in [0.05, 0.1) is 11.9 Å². The molecule has 3 aromatic rings. The summed E-state index contributed by atoms with van der Waals surface area (Å²) >= 11 is 3.39. The van der Waals surface area contributed by atoms with Gasteiger partial charge in [-0.1, -0.05) is 55.9 Å². The summed E-state index contributed by atoms with van der Waals surface area (Å²) in [6, 6.07) is 10.2. The predicted molar refractivity (Wildman–Crippen MR) is 107 cm³/mol. The molecule has 130 valence electrons. The van der Waals surface area contributed by atoms with Crippen molar-refractivity contribution >= 4 is 33.3 Å². The molecule has 0 saturated heterocycles. The van der Waals surface area contributed by atoms with Crippen molar-refractivity contribution in [3.05, 3.63) is 56.7 Å². The summed E-state index contributed by atoms with van der Waals surface area (Å²) in [5.41, 5.74) is 2.55. The fourth-order valence-corrected chi connectivity index (χ4v) is 5.54. The van der Waals surface area contributed by atoms with E-state index in [2.05, 4.69) is 26.0 Å². The number of thiophene rings is 1. The number of benzene rings is 1. The van der Waals surface area contributed by atoms with Crippen molar-refractivity contribution in [2.24, 2.45) is 5.92 Å². The molecule has 3 nitrogen and oxygen atoms in total. The zero-order valence-corrected chi connectivity index (χ0v) is 16.3. The van der Waals surface area contributed by atoms with Crippen LogP contribution in [0.2, 0.25) is 0 Å². The second-order valence-corrected chi connectivity index (χ2v) is 9.05. The van der Waals surface area contributed by atoms with Gasteiger partial charge in [-0.15, -0.1) is 11.3 Å². The summed E-state index contributed by atoms with van der Waals surface area (Å²) in [6.07, 6.45) is 3.32. The highest BCUT2D eigenvalue weighted by molar-refractivity contribution is 7.99. The minimum absolute atomic E-state index is 0.136. The van der Waals surface area contributed by atoms with Crippen LogP contribution < -0.4 is 5.56 Å². The molecule has 0 unspecified atom stereocenters. The average Bonchev–Trinajstić information content (AvgIpc) is 2.97. The second kappa shape index (κ2) is 6.96. The Hall–Kier alpha value is -1.59. The van der Waals surface area contributed by atoms with E-state index in [0.717, 1.165) is 39.5 Å². The molecule has 5 heteroatoms. The summed E-state index contributed by atoms with van der Waals surface area (Å²) in [7, 11) is 0. The van der Waals surface area contributed by atoms with Crippen molar-refractivity contribution in [2.45, 2.75) is 44.8 Å². The first-order chi connectivity index (χ1) is 12.2. The standard InChI is InChI=1S/C20H22N2OS2/c1-3-24-20-21-18-17(15-11-13(2)9-10-16(15)25-18)19(23)22(20)12-14-7-5-4-6-8-14/h4-8,13H,3,9-12H2,1-2H3/t13-/m0/s1. The van der Waals surface area contributed by atoms with Crippen molar-refractivity contribution < 1.29 is 0 Å². The van der Waals surface area contributed by atoms with Crippen molar-refractivity contribution in [2.75, 3.05) is 5.75 Å². The molecule has 0 N–H and O–H groups in total. The smallest absolute Gasteiger partial charge is 0.263 e. The van der Waals surface area contributed by atoms with E-state index in [4.69, 9.17) is 4.98 Å². The largest absolute Gasteiger partial charge is 0.283 e. The summed E-state index contributed by atoms with van der Waals surface area (Å²) < 4.78 is 1.87. The molecule has 0 spiro atoms. The molecule has 0 fully saturated rings. The minimum Gasteiger partial charge on any atom is -0.283 e. The van der Waals surface area contributed by atoms with Crippen molar-refractivity contribution in [1.82, 2.24) is 9.55 Å². The lowest BCUT2D eigenvalue weighted by atomic mass is 9.89. The van der Waals surface area contributed by atoms with Crippen molar-refractivity contribution in [3.8, 4) is 0 Å². The van der Waals surface area contributed by atoms with Gasteiger partial charge in [-0.05, 0) is 42.1 Å². The van der Waals surface area contributed by atoms with Crippen LogP contribution in [0, 0.1) is 5.92 Å². The van der Waals surface area contributed by atoms with Gasteiger partial charge in [0, 0.05) is 4.88 Å². The van der Waals surface area contributed by atoms with Gasteiger partial charge < -0.3 is 0 Å². The van der Waals surface area contributed by atoms with Crippen LogP contribution in [0.25, 0.3) is 10.2 Å². The predicted octanol–water partition coefficient (Wildman–Crippen LogP) is 4.74. The van der Waals surface area contributed by atoms with Crippen LogP contribution in [0.3, 0.4) is 0 Å². The number of rotatable bonds is 4. The number of hydrogen-bond donors (Lipinski definition) is 0. The molecule has 4 rings (SSSR count). The fourth-order valence-electron chi connectivity index (χ4n) is 3.56. The summed E-state index contributed by atoms with van der Waals surface area (Å²) in [4.78, 5) is 20.6. The minimum atomic E-state index is 0.136. The average molecular weight is 371 g/mol. The molecule has 1 aliphatic rings. The number of hydrogen-bond acceptors (Lipinski definition) is 4. The Labute approximate surface area is 156 Å². The zero-order chi connectivity index (χ0) is 17.4. The Balaban J connectivity index is 1.90. The number of aromatic nitrogens is 2. The lowest BCUT2D eigenvalue weighted by Gasteiger charge is -2.18. The Kier molecular flexibility index (Phi) is 4.69. The lowest BCUT2D eigenvalue weighted by Crippen LogP contribution is -2.24. The Morgan fingerprint density at radius 2 is 2.12 bits per heavy atom. The Bertz CT molecular complexity index is 959. The quantitative estimate of drug-likeness (QED) is 0.491. The molecule has 25 heavy (non-hydrogen) atoms. The number of aryl methyl sites for hydroxylation is 1. The molecule has 0 aliphatic heterocycles. The normalized spacial score (nSPS) is 17.0. The van der Waals surface area contributed by atoms with Gasteiger partial charge in [0.15, 0.2) is 5.16 Å². The van der Waals surface area contributed by atoms with Gasteiger partial charge in [-0.3, -0.25) is 9.36 Å². The third-order valence-electron chi connectivity index (χ3n) is 4.83. The SMILES string of the molecule is CCSc1nc2sc3c(c2c(=O)n1Cc1ccccc1)C[C@@H](C)CC3. The van der Waals surface area contributed by atoms with Crippen LogP contribution in [-0.2, 0) is 19.4 Å². The van der Waals surface area contributed by atoms with E-state index in [1.165, 1.54) is 16.9 Å². The van der Waals surface area contributed by atoms with Gasteiger partial charge in [-0.25, -0.2) is 4.98 Å². The highest BCUT2D eigenvalue weighted by Gasteiger charge is 2.24. The van der Waals surface area contributed by atoms with E-state index < -0.39 is 0 Å². The topological polar surface area (TPSA) is 34.9 Å². The van der Waals surface area contributed by atoms with E-state index in [0.29, 0.717) is 12.5 Å². The van der Waals surface area contributed by atoms with Gasteiger partial charge >= 0.3 is 0 Å². The van der Waals surface area contributed by atoms with Crippen LogP contribution in [0.4, 0.5) is 0 Å². The van der Waals surface area contributed by atoms with Crippen LogP contribution in [-0.4, -0.2) is 15.3 Å². The molecule has 2 aromatic heterocycles. The maximum Gasteiger partial charge on any atom is 0.263 e. The fraction of sp³-hybridized carbons (Fsp3) is 0.400. The molecule has 1 aromatic carbocycles. The van der Waals surface area contributed by atoms with Gasteiger partial charge in [0.1, 0.15) is 4.83 Å². The Morgan fingerprint density at radius 3 is 2.88 bits per heavy atom. The van der Waals surface area contributed by atoms with Crippen LogP contribution in [0.15, 0.2) is 40.3 Å². The van der Waals surface area contributed by atoms with Crippen LogP contribution in [0.1, 0.15) is 36.3 Å². The second-order valence-electron chi connectivity index (χ2n) is 6.74. The third kappa shape index (κ3) is 3.15. The highest BCUT2D eigenvalue weighted by atomic mass is 32.2. The molecule has 1 aliphatic carbocycles. The van der Waals surface area contributed by atoms with E-state index in [1.54, 1.807) is 23.1 Å². The van der Waals surface area contributed by atoms with Gasteiger partial charge in [0.2, 0.25) is 0 Å². The first kappa shape index (κ1) is 16.9. The summed E-state index contributed by atoms with van der Waals surface area (Å²) in [6.45, 7) is 4.98. The summed E-state index contributed by atoms with van der Waals surface area (Å²) in [5.74, 6) is 1.56. The highest BCUT2D eigenvalue weighted by Crippen LogP contribution is 2.36. The van der Waals surface area contributed by atoms with Gasteiger partial charge in [0.25, 0.3) is 5.56 Å². The van der Waals surface area contributed by atoms with E-state index in [9.17, 15) is 4.79 Å². The Morgan fingerprint density at radius 1 is 1.32 bits per heavy atom. The molecular formula is C20H22N2OS2. The van der Waals surface area contributed by atoms with Crippen molar-refractivity contribution in [3.63, 3.8) is 0 Å². The van der Waals surface area contributed by atoms with E-state index >= 15 is 0 Å². The van der Waals surface area contributed by atoms with Gasteiger partial charge in [-0.2, -0.15) is 0 Å². The molecule has 2 heterocycles. The van der Waals surface area contributed by atoms with Crippen LogP contribution >= 0.6 is 23.1 Å². The maximum absolute atomic E-state index is 13.4. The summed E-state index contributed by atoms with van der Waals surface area (Å²) in [5, 5.41) is 1.72. The molecule has 1 atom stereocenters. The molecule has 0 radical (unpaired) electrons. The lowest BCUT2D eigenvalue weighted by molar-refractivity contribution is 0.508. The third-order valence-corrected chi connectivity index (χ3v) is 6.88. The van der Waals surface area contributed by atoms with Crippen LogP contribution in [0.5, 0.6) is 0 Å². The molecule has 0 amide bonds. The molecule has 0 bridgehead atoms. The molecule has 0 saturated carbocycles. The monoisotopic (exact) mass is 370 g/mol. The first-order valence-electron chi connectivity index (χ1n) is 8.89. The van der Waals surface area contributed by atoms with E-state index in [1.807, 2.05) is 22.8 Å². The first-order valence-corrected chi connectivity index (χ1v) is 10.7. The molecular weight excluding hydrogens is 348 g/mol. The van der Waals surface area contributed by atoms with E-state index in [-0.39, 0.29) is 5.56 Å². The van der Waals surface area contributed by atoms with Crippen molar-refractivity contribution in [1.29, 1.82) is 0 Å². The maximum atomic E-state index is 13.4. The zero-order valence-electron chi connectivity index (χ0n) is 14.6.